The van der Waals surface area contributed by atoms with E-state index in [2.05, 4.69) is 15.4 Å². The molecule has 2 aromatic rings. The molecular weight excluding hydrogens is 272 g/mol. The molecule has 1 saturated heterocycles. The van der Waals surface area contributed by atoms with Gasteiger partial charge in [0.05, 0.1) is 6.20 Å². The van der Waals surface area contributed by atoms with Crippen LogP contribution in [-0.2, 0) is 14.3 Å². The lowest BCUT2D eigenvalue weighted by Crippen LogP contribution is -2.49. The number of hydrogen-bond donors (Lipinski definition) is 1. The molecule has 1 aliphatic heterocycles. The van der Waals surface area contributed by atoms with E-state index in [1.54, 1.807) is 29.2 Å². The van der Waals surface area contributed by atoms with Crippen LogP contribution in [0.2, 0.25) is 0 Å². The highest BCUT2D eigenvalue weighted by molar-refractivity contribution is 5.99. The highest BCUT2D eigenvalue weighted by Gasteiger charge is 2.41. The maximum Gasteiger partial charge on any atom is 0.256 e. The van der Waals surface area contributed by atoms with Gasteiger partial charge in [0.15, 0.2) is 11.2 Å². The maximum absolute atomic E-state index is 12.7. The second-order valence-corrected chi connectivity index (χ2v) is 4.94. The van der Waals surface area contributed by atoms with Crippen LogP contribution < -0.4 is 5.32 Å². The molecule has 3 rings (SSSR count). The van der Waals surface area contributed by atoms with E-state index < -0.39 is 5.60 Å². The Kier molecular flexibility index (Phi) is 3.85. The van der Waals surface area contributed by atoms with Crippen molar-refractivity contribution < 1.29 is 14.3 Å². The van der Waals surface area contributed by atoms with Gasteiger partial charge in [0.1, 0.15) is 5.69 Å². The van der Waals surface area contributed by atoms with Gasteiger partial charge in [0.2, 0.25) is 0 Å². The first-order valence-electron chi connectivity index (χ1n) is 7.07. The number of rotatable bonds is 4. The first kappa shape index (κ1) is 14.0. The summed E-state index contributed by atoms with van der Waals surface area (Å²) in [6.07, 6.45) is 6.15. The normalized spacial score (nSPS) is 17.8. The van der Waals surface area contributed by atoms with E-state index in [-0.39, 0.29) is 5.91 Å². The molecule has 3 heterocycles. The Morgan fingerprint density at radius 3 is 3.10 bits per heavy atom. The zero-order valence-electron chi connectivity index (χ0n) is 11.9. The van der Waals surface area contributed by atoms with Gasteiger partial charge in [-0.3, -0.25) is 4.79 Å². The van der Waals surface area contributed by atoms with Gasteiger partial charge in [-0.05, 0) is 13.0 Å². The van der Waals surface area contributed by atoms with Crippen molar-refractivity contribution in [2.24, 2.45) is 0 Å². The monoisotopic (exact) mass is 290 g/mol. The summed E-state index contributed by atoms with van der Waals surface area (Å²) in [7, 11) is 0. The van der Waals surface area contributed by atoms with Gasteiger partial charge < -0.3 is 14.8 Å². The third-order valence-electron chi connectivity index (χ3n) is 3.66. The van der Waals surface area contributed by atoms with Crippen molar-refractivity contribution in [1.82, 2.24) is 14.6 Å². The lowest BCUT2D eigenvalue weighted by atomic mass is 9.93. The van der Waals surface area contributed by atoms with Crippen LogP contribution in [0.15, 0.2) is 24.7 Å². The molecular formula is C14H18N4O3. The Morgan fingerprint density at radius 1 is 1.52 bits per heavy atom. The number of amides is 1. The fourth-order valence-electron chi connectivity index (χ4n) is 2.57. The van der Waals surface area contributed by atoms with Gasteiger partial charge in [0.25, 0.3) is 5.91 Å². The number of carbonyl (C=O) groups is 1. The van der Waals surface area contributed by atoms with Crippen molar-refractivity contribution in [3.63, 3.8) is 0 Å². The number of nitrogens with one attached hydrogen (secondary N) is 1. The summed E-state index contributed by atoms with van der Waals surface area (Å²) in [5.41, 5.74) is 0.381. The Hall–Kier alpha value is -1.99. The number of nitrogens with zero attached hydrogens (tertiary/aromatic N) is 3. The van der Waals surface area contributed by atoms with Gasteiger partial charge in [-0.25, -0.2) is 9.50 Å². The number of anilines is 1. The third kappa shape index (κ3) is 2.62. The van der Waals surface area contributed by atoms with Crippen LogP contribution in [0.4, 0.5) is 5.69 Å². The Balaban J connectivity index is 1.84. The molecule has 7 heteroatoms. The Morgan fingerprint density at radius 2 is 2.33 bits per heavy atom. The molecule has 1 aliphatic rings. The summed E-state index contributed by atoms with van der Waals surface area (Å²) in [5.74, 6) is -0.159. The number of ether oxygens (including phenoxy) is 2. The minimum Gasteiger partial charge on any atom is -0.381 e. The van der Waals surface area contributed by atoms with Crippen LogP contribution in [-0.4, -0.2) is 45.9 Å². The van der Waals surface area contributed by atoms with Crippen LogP contribution in [0.3, 0.4) is 0 Å². The molecule has 21 heavy (non-hydrogen) atoms. The average molecular weight is 290 g/mol. The number of aromatic nitrogens is 3. The van der Waals surface area contributed by atoms with Crippen LogP contribution in [0.1, 0.15) is 19.8 Å². The highest BCUT2D eigenvalue weighted by atomic mass is 16.5. The van der Waals surface area contributed by atoms with Crippen molar-refractivity contribution >= 4 is 17.2 Å². The maximum atomic E-state index is 12.7. The molecule has 0 aliphatic carbocycles. The van der Waals surface area contributed by atoms with E-state index in [0.29, 0.717) is 44.0 Å². The summed E-state index contributed by atoms with van der Waals surface area (Å²) in [4.78, 5) is 16.9. The molecule has 0 aromatic carbocycles. The van der Waals surface area contributed by atoms with Gasteiger partial charge in [0, 0.05) is 45.1 Å². The molecule has 7 nitrogen and oxygen atoms in total. The first-order valence-corrected chi connectivity index (χ1v) is 7.07. The third-order valence-corrected chi connectivity index (χ3v) is 3.66. The van der Waals surface area contributed by atoms with Crippen LogP contribution in [0.25, 0.3) is 5.65 Å². The van der Waals surface area contributed by atoms with Crippen molar-refractivity contribution in [3.05, 3.63) is 24.7 Å². The van der Waals surface area contributed by atoms with Crippen molar-refractivity contribution in [3.8, 4) is 0 Å². The van der Waals surface area contributed by atoms with E-state index in [0.717, 1.165) is 0 Å². The molecule has 0 spiro atoms. The number of fused-ring (bicyclic) bond motifs is 1. The molecule has 2 aromatic heterocycles. The van der Waals surface area contributed by atoms with Crippen molar-refractivity contribution in [2.75, 3.05) is 25.1 Å². The Labute approximate surface area is 122 Å². The topological polar surface area (TPSA) is 77.8 Å². The lowest BCUT2D eigenvalue weighted by molar-refractivity contribution is -0.154. The second kappa shape index (κ2) is 5.79. The fraction of sp³-hybridized carbons (Fsp3) is 0.500. The summed E-state index contributed by atoms with van der Waals surface area (Å²) >= 11 is 0. The van der Waals surface area contributed by atoms with Crippen molar-refractivity contribution in [2.45, 2.75) is 25.4 Å². The van der Waals surface area contributed by atoms with Crippen LogP contribution >= 0.6 is 0 Å². The Bertz CT molecular complexity index is 628. The number of carbonyl (C=O) groups excluding carboxylic acids is 1. The molecule has 0 radical (unpaired) electrons. The summed E-state index contributed by atoms with van der Waals surface area (Å²) in [6.45, 7) is 3.43. The predicted molar refractivity (Wildman–Crippen MR) is 76.0 cm³/mol. The zero-order valence-corrected chi connectivity index (χ0v) is 11.9. The smallest absolute Gasteiger partial charge is 0.256 e. The first-order chi connectivity index (χ1) is 10.2. The summed E-state index contributed by atoms with van der Waals surface area (Å²) in [6, 6.07) is 1.78. The standard InChI is InChI=1S/C14H18N4O3/c1-2-21-14(4-8-20-9-5-14)13(19)17-11-10-16-18-7-3-6-15-12(11)18/h3,6-7,10H,2,4-5,8-9H2,1H3,(H,17,19). The summed E-state index contributed by atoms with van der Waals surface area (Å²) in [5, 5.41) is 7.05. The lowest BCUT2D eigenvalue weighted by Gasteiger charge is -2.35. The SMILES string of the molecule is CCOC1(C(=O)Nc2cnn3cccnc23)CCOCC1. The second-order valence-electron chi connectivity index (χ2n) is 4.94. The molecule has 0 atom stereocenters. The molecule has 1 N–H and O–H groups in total. The van der Waals surface area contributed by atoms with Gasteiger partial charge in [-0.2, -0.15) is 5.10 Å². The van der Waals surface area contributed by atoms with E-state index in [4.69, 9.17) is 9.47 Å². The molecule has 0 bridgehead atoms. The van der Waals surface area contributed by atoms with Gasteiger partial charge in [-0.15, -0.1) is 0 Å². The average Bonchev–Trinajstić information content (AvgIpc) is 2.92. The van der Waals surface area contributed by atoms with Crippen molar-refractivity contribution in [1.29, 1.82) is 0 Å². The molecule has 1 amide bonds. The van der Waals surface area contributed by atoms with Gasteiger partial charge in [-0.1, -0.05) is 0 Å². The quantitative estimate of drug-likeness (QED) is 0.917. The van der Waals surface area contributed by atoms with E-state index in [1.165, 1.54) is 0 Å². The zero-order chi connectivity index (χ0) is 14.7. The van der Waals surface area contributed by atoms with E-state index >= 15 is 0 Å². The summed E-state index contributed by atoms with van der Waals surface area (Å²) < 4.78 is 12.7. The fourth-order valence-corrected chi connectivity index (χ4v) is 2.57. The molecule has 0 unspecified atom stereocenters. The van der Waals surface area contributed by atoms with E-state index in [9.17, 15) is 4.79 Å². The van der Waals surface area contributed by atoms with Gasteiger partial charge >= 0.3 is 0 Å². The molecule has 1 fully saturated rings. The molecule has 112 valence electrons. The number of hydrogen-bond acceptors (Lipinski definition) is 5. The predicted octanol–water partition coefficient (Wildman–Crippen LogP) is 1.25. The van der Waals surface area contributed by atoms with Crippen LogP contribution in [0, 0.1) is 0 Å². The highest BCUT2D eigenvalue weighted by Crippen LogP contribution is 2.27. The minimum absolute atomic E-state index is 0.159. The van der Waals surface area contributed by atoms with E-state index in [1.807, 2.05) is 6.92 Å². The molecule has 0 saturated carbocycles. The largest absolute Gasteiger partial charge is 0.381 e. The van der Waals surface area contributed by atoms with Crippen LogP contribution in [0.5, 0.6) is 0 Å². The minimum atomic E-state index is -0.823.